The Kier molecular flexibility index (Phi) is 4.65. The molecule has 0 radical (unpaired) electrons. The van der Waals surface area contributed by atoms with Crippen molar-refractivity contribution in [2.45, 2.75) is 20.3 Å². The highest BCUT2D eigenvalue weighted by Gasteiger charge is 2.06. The molecule has 0 amide bonds. The van der Waals surface area contributed by atoms with Crippen LogP contribution in [0.1, 0.15) is 21.7 Å². The lowest BCUT2D eigenvalue weighted by molar-refractivity contribution is 0.298. The Balaban J connectivity index is 2.13. The van der Waals surface area contributed by atoms with Gasteiger partial charge in [0.05, 0.1) is 11.9 Å². The monoisotopic (exact) mass is 292 g/mol. The zero-order valence-corrected chi connectivity index (χ0v) is 12.1. The van der Waals surface area contributed by atoms with Gasteiger partial charge in [-0.1, -0.05) is 0 Å². The van der Waals surface area contributed by atoms with Gasteiger partial charge in [-0.25, -0.2) is 10.4 Å². The molecule has 0 saturated heterocycles. The van der Waals surface area contributed by atoms with Crippen molar-refractivity contribution in [2.24, 2.45) is 5.10 Å². The van der Waals surface area contributed by atoms with Crippen molar-refractivity contribution >= 4 is 23.5 Å². The summed E-state index contributed by atoms with van der Waals surface area (Å²) < 4.78 is 0. The summed E-state index contributed by atoms with van der Waals surface area (Å²) in [5.41, 5.74) is 4.69. The van der Waals surface area contributed by atoms with Crippen LogP contribution < -0.4 is 11.0 Å². The van der Waals surface area contributed by atoms with Crippen molar-refractivity contribution in [2.75, 3.05) is 12.0 Å². The van der Waals surface area contributed by atoms with Crippen LogP contribution in [0.15, 0.2) is 21.3 Å². The van der Waals surface area contributed by atoms with Crippen LogP contribution in [0.4, 0.5) is 5.95 Å². The van der Waals surface area contributed by atoms with Gasteiger partial charge in [-0.3, -0.25) is 9.78 Å². The molecule has 7 heteroatoms. The van der Waals surface area contributed by atoms with Gasteiger partial charge in [0, 0.05) is 23.5 Å². The standard InChI is InChI=1S/C13H16N4O2S/c1-8-4-6-20-11(8)7-14-17-13-15-9(2)10(3-5-18)12(19)16-13/h4,6-7,18H,3,5H2,1-2H3,(H2,15,16,17,19)/b14-7-. The normalized spacial score (nSPS) is 11.2. The van der Waals surface area contributed by atoms with E-state index in [1.807, 2.05) is 18.4 Å². The summed E-state index contributed by atoms with van der Waals surface area (Å²) >= 11 is 1.59. The second-order valence-corrected chi connectivity index (χ2v) is 5.24. The van der Waals surface area contributed by atoms with Crippen molar-refractivity contribution in [1.82, 2.24) is 9.97 Å². The first-order chi connectivity index (χ1) is 9.61. The number of aromatic amines is 1. The van der Waals surface area contributed by atoms with Crippen LogP contribution in [0.2, 0.25) is 0 Å². The van der Waals surface area contributed by atoms with Crippen molar-refractivity contribution in [3.8, 4) is 0 Å². The van der Waals surface area contributed by atoms with Gasteiger partial charge < -0.3 is 5.11 Å². The molecular weight excluding hydrogens is 276 g/mol. The van der Waals surface area contributed by atoms with Gasteiger partial charge in [0.1, 0.15) is 0 Å². The second-order valence-electron chi connectivity index (χ2n) is 4.29. The summed E-state index contributed by atoms with van der Waals surface area (Å²) in [5, 5.41) is 14.9. The van der Waals surface area contributed by atoms with E-state index in [9.17, 15) is 4.79 Å². The lowest BCUT2D eigenvalue weighted by Gasteiger charge is -2.05. The Hall–Kier alpha value is -1.99. The van der Waals surface area contributed by atoms with Crippen molar-refractivity contribution < 1.29 is 5.11 Å². The highest BCUT2D eigenvalue weighted by molar-refractivity contribution is 7.11. The number of rotatable bonds is 5. The number of thiophene rings is 1. The molecular formula is C13H16N4O2S. The first-order valence-corrected chi connectivity index (χ1v) is 7.03. The van der Waals surface area contributed by atoms with Gasteiger partial charge in [0.15, 0.2) is 0 Å². The van der Waals surface area contributed by atoms with Crippen LogP contribution in [-0.4, -0.2) is 27.9 Å². The number of aliphatic hydroxyl groups excluding tert-OH is 1. The summed E-state index contributed by atoms with van der Waals surface area (Å²) in [6, 6.07) is 2.01. The summed E-state index contributed by atoms with van der Waals surface area (Å²) in [5.74, 6) is 0.291. The molecule has 0 aliphatic heterocycles. The van der Waals surface area contributed by atoms with Crippen LogP contribution in [0, 0.1) is 13.8 Å². The first-order valence-electron chi connectivity index (χ1n) is 6.15. The number of aromatic nitrogens is 2. The number of hydrogen-bond donors (Lipinski definition) is 3. The molecule has 0 spiro atoms. The van der Waals surface area contributed by atoms with Crippen LogP contribution in [0.3, 0.4) is 0 Å². The number of nitrogens with zero attached hydrogens (tertiary/aromatic N) is 2. The third-order valence-electron chi connectivity index (χ3n) is 2.84. The van der Waals surface area contributed by atoms with E-state index in [1.54, 1.807) is 24.5 Å². The minimum atomic E-state index is -0.253. The lowest BCUT2D eigenvalue weighted by Crippen LogP contribution is -2.19. The third kappa shape index (κ3) is 3.31. The van der Waals surface area contributed by atoms with Crippen LogP contribution in [-0.2, 0) is 6.42 Å². The summed E-state index contributed by atoms with van der Waals surface area (Å²) in [6.45, 7) is 3.67. The van der Waals surface area contributed by atoms with E-state index in [0.717, 1.165) is 10.4 Å². The van der Waals surface area contributed by atoms with E-state index < -0.39 is 0 Å². The predicted octanol–water partition coefficient (Wildman–Crippen LogP) is 1.43. The average Bonchev–Trinajstić information content (AvgIpc) is 2.80. The van der Waals surface area contributed by atoms with Gasteiger partial charge in [-0.2, -0.15) is 5.10 Å². The number of anilines is 1. The fraction of sp³-hybridized carbons (Fsp3) is 0.308. The van der Waals surface area contributed by atoms with Gasteiger partial charge in [-0.15, -0.1) is 11.3 Å². The Morgan fingerprint density at radius 3 is 2.95 bits per heavy atom. The van der Waals surface area contributed by atoms with E-state index >= 15 is 0 Å². The molecule has 6 nitrogen and oxygen atoms in total. The lowest BCUT2D eigenvalue weighted by atomic mass is 10.2. The number of hydrazone groups is 1. The SMILES string of the molecule is Cc1ccsc1/C=N\Nc1nc(C)c(CCO)c(=O)[nH]1. The smallest absolute Gasteiger partial charge is 0.255 e. The van der Waals surface area contributed by atoms with Gasteiger partial charge in [0.25, 0.3) is 5.56 Å². The van der Waals surface area contributed by atoms with Crippen molar-refractivity contribution in [1.29, 1.82) is 0 Å². The van der Waals surface area contributed by atoms with Gasteiger partial charge in [0.2, 0.25) is 5.95 Å². The molecule has 0 fully saturated rings. The van der Waals surface area contributed by atoms with E-state index in [4.69, 9.17) is 5.11 Å². The minimum absolute atomic E-state index is 0.0752. The van der Waals surface area contributed by atoms with Crippen LogP contribution >= 0.6 is 11.3 Å². The molecule has 2 rings (SSSR count). The fourth-order valence-corrected chi connectivity index (χ4v) is 2.52. The molecule has 0 aliphatic rings. The molecule has 0 aliphatic carbocycles. The zero-order valence-electron chi connectivity index (χ0n) is 11.3. The highest BCUT2D eigenvalue weighted by atomic mass is 32.1. The Bertz CT molecular complexity index is 675. The number of aliphatic hydroxyl groups is 1. The van der Waals surface area contributed by atoms with Gasteiger partial charge in [-0.05, 0) is 30.9 Å². The number of H-pyrrole nitrogens is 1. The molecule has 2 aromatic heterocycles. The largest absolute Gasteiger partial charge is 0.396 e. The van der Waals surface area contributed by atoms with Crippen LogP contribution in [0.5, 0.6) is 0 Å². The third-order valence-corrected chi connectivity index (χ3v) is 3.79. The molecule has 20 heavy (non-hydrogen) atoms. The molecule has 3 N–H and O–H groups in total. The first kappa shape index (κ1) is 14.4. The number of aryl methyl sites for hydroxylation is 2. The number of nitrogens with one attached hydrogen (secondary N) is 2. The van der Waals surface area contributed by atoms with Crippen LogP contribution in [0.25, 0.3) is 0 Å². The molecule has 0 aromatic carbocycles. The predicted molar refractivity (Wildman–Crippen MR) is 80.7 cm³/mol. The maximum atomic E-state index is 11.8. The summed E-state index contributed by atoms with van der Waals surface area (Å²) in [4.78, 5) is 19.7. The summed E-state index contributed by atoms with van der Waals surface area (Å²) in [6.07, 6.45) is 1.99. The average molecular weight is 292 g/mol. The van der Waals surface area contributed by atoms with E-state index in [-0.39, 0.29) is 12.2 Å². The second kappa shape index (κ2) is 6.44. The highest BCUT2D eigenvalue weighted by Crippen LogP contribution is 2.12. The molecule has 2 heterocycles. The molecule has 2 aromatic rings. The Labute approximate surface area is 120 Å². The Morgan fingerprint density at radius 1 is 1.55 bits per heavy atom. The number of hydrogen-bond acceptors (Lipinski definition) is 6. The molecule has 106 valence electrons. The maximum absolute atomic E-state index is 11.8. The summed E-state index contributed by atoms with van der Waals surface area (Å²) in [7, 11) is 0. The van der Waals surface area contributed by atoms with E-state index in [0.29, 0.717) is 23.6 Å². The van der Waals surface area contributed by atoms with Gasteiger partial charge >= 0.3 is 0 Å². The quantitative estimate of drug-likeness (QED) is 0.574. The molecule has 0 unspecified atom stereocenters. The van der Waals surface area contributed by atoms with E-state index in [2.05, 4.69) is 20.5 Å². The van der Waals surface area contributed by atoms with Crippen molar-refractivity contribution in [3.63, 3.8) is 0 Å². The Morgan fingerprint density at radius 2 is 2.35 bits per heavy atom. The fourth-order valence-electron chi connectivity index (χ4n) is 1.74. The maximum Gasteiger partial charge on any atom is 0.255 e. The molecule has 0 bridgehead atoms. The minimum Gasteiger partial charge on any atom is -0.396 e. The van der Waals surface area contributed by atoms with E-state index in [1.165, 1.54) is 0 Å². The molecule has 0 atom stereocenters. The molecule has 0 saturated carbocycles. The van der Waals surface area contributed by atoms with Crippen molar-refractivity contribution in [3.05, 3.63) is 43.5 Å². The zero-order chi connectivity index (χ0) is 14.5. The topological polar surface area (TPSA) is 90.4 Å².